The van der Waals surface area contributed by atoms with E-state index in [1.54, 1.807) is 21.0 Å². The van der Waals surface area contributed by atoms with Crippen LogP contribution in [0.15, 0.2) is 0 Å². The summed E-state index contributed by atoms with van der Waals surface area (Å²) in [6.07, 6.45) is 0.828. The molecule has 18 heavy (non-hydrogen) atoms. The lowest BCUT2D eigenvalue weighted by Gasteiger charge is -2.25. The Kier molecular flexibility index (Phi) is 6.32. The van der Waals surface area contributed by atoms with Crippen LogP contribution in [0, 0.1) is 10.8 Å². The molecule has 106 valence electrons. The molecular formula is C13H25NO4. The fraction of sp³-hybridized carbons (Fsp3) is 0.846. The third kappa shape index (κ3) is 6.59. The van der Waals surface area contributed by atoms with Gasteiger partial charge in [-0.2, -0.15) is 0 Å². The van der Waals surface area contributed by atoms with Gasteiger partial charge in [-0.05, 0) is 25.7 Å². The lowest BCUT2D eigenvalue weighted by molar-refractivity contribution is -0.149. The van der Waals surface area contributed by atoms with Crippen molar-refractivity contribution in [1.82, 2.24) is 5.32 Å². The Hall–Kier alpha value is -1.10. The SMILES string of the molecule is COCCC(C)(C)CNC(=O)CC(C)(C)C(=O)O. The van der Waals surface area contributed by atoms with Crippen molar-refractivity contribution in [3.05, 3.63) is 0 Å². The third-order valence-electron chi connectivity index (χ3n) is 2.93. The van der Waals surface area contributed by atoms with Crippen LogP contribution in [0.1, 0.15) is 40.5 Å². The molecule has 0 rings (SSSR count). The predicted octanol–water partition coefficient (Wildman–Crippen LogP) is 1.67. The summed E-state index contributed by atoms with van der Waals surface area (Å²) in [6.45, 7) is 8.33. The average molecular weight is 259 g/mol. The second kappa shape index (κ2) is 6.73. The maximum atomic E-state index is 11.7. The third-order valence-corrected chi connectivity index (χ3v) is 2.93. The van der Waals surface area contributed by atoms with Gasteiger partial charge in [0.05, 0.1) is 5.41 Å². The number of carbonyl (C=O) groups excluding carboxylic acids is 1. The minimum absolute atomic E-state index is 0.0112. The summed E-state index contributed by atoms with van der Waals surface area (Å²) >= 11 is 0. The second-order valence-electron chi connectivity index (χ2n) is 6.05. The molecule has 0 aromatic heterocycles. The van der Waals surface area contributed by atoms with Crippen LogP contribution in [0.5, 0.6) is 0 Å². The number of amides is 1. The van der Waals surface area contributed by atoms with Crippen LogP contribution in [0.25, 0.3) is 0 Å². The van der Waals surface area contributed by atoms with E-state index >= 15 is 0 Å². The van der Waals surface area contributed by atoms with Crippen molar-refractivity contribution < 1.29 is 19.4 Å². The Labute approximate surface area is 109 Å². The summed E-state index contributed by atoms with van der Waals surface area (Å²) in [5.74, 6) is -1.19. The first-order chi connectivity index (χ1) is 8.10. The number of hydrogen-bond acceptors (Lipinski definition) is 3. The van der Waals surface area contributed by atoms with Crippen molar-refractivity contribution in [2.24, 2.45) is 10.8 Å². The number of carboxylic acid groups (broad SMARTS) is 1. The Bertz CT molecular complexity index is 297. The summed E-state index contributed by atoms with van der Waals surface area (Å²) in [5.41, 5.74) is -1.08. The van der Waals surface area contributed by atoms with Gasteiger partial charge < -0.3 is 15.2 Å². The quantitative estimate of drug-likeness (QED) is 0.695. The number of aliphatic carboxylic acids is 1. The first-order valence-electron chi connectivity index (χ1n) is 6.10. The Morgan fingerprint density at radius 1 is 1.22 bits per heavy atom. The molecule has 0 spiro atoms. The molecule has 0 aromatic rings. The van der Waals surface area contributed by atoms with Gasteiger partial charge >= 0.3 is 5.97 Å². The number of carbonyl (C=O) groups is 2. The summed E-state index contributed by atoms with van der Waals surface area (Å²) < 4.78 is 5.01. The van der Waals surface area contributed by atoms with Crippen molar-refractivity contribution in [1.29, 1.82) is 0 Å². The van der Waals surface area contributed by atoms with Crippen LogP contribution in [-0.2, 0) is 14.3 Å². The molecule has 0 fully saturated rings. The number of hydrogen-bond donors (Lipinski definition) is 2. The molecule has 2 N–H and O–H groups in total. The molecule has 0 radical (unpaired) electrons. The summed E-state index contributed by atoms with van der Waals surface area (Å²) in [6, 6.07) is 0. The van der Waals surface area contributed by atoms with Crippen LogP contribution in [0.3, 0.4) is 0 Å². The van der Waals surface area contributed by atoms with E-state index in [2.05, 4.69) is 5.32 Å². The van der Waals surface area contributed by atoms with Gasteiger partial charge in [-0.1, -0.05) is 13.8 Å². The number of methoxy groups -OCH3 is 1. The number of rotatable bonds is 8. The molecule has 0 aromatic carbocycles. The summed E-state index contributed by atoms with van der Waals surface area (Å²) in [4.78, 5) is 22.6. The van der Waals surface area contributed by atoms with Crippen molar-refractivity contribution in [3.8, 4) is 0 Å². The Balaban J connectivity index is 4.15. The first kappa shape index (κ1) is 16.9. The molecular weight excluding hydrogens is 234 g/mol. The zero-order valence-corrected chi connectivity index (χ0v) is 12.0. The summed E-state index contributed by atoms with van der Waals surface area (Å²) in [5, 5.41) is 11.7. The fourth-order valence-electron chi connectivity index (χ4n) is 1.34. The molecule has 0 aliphatic heterocycles. The number of carboxylic acids is 1. The normalized spacial score (nSPS) is 12.3. The van der Waals surface area contributed by atoms with Crippen molar-refractivity contribution in [2.45, 2.75) is 40.5 Å². The van der Waals surface area contributed by atoms with Gasteiger partial charge in [-0.15, -0.1) is 0 Å². The highest BCUT2D eigenvalue weighted by Crippen LogP contribution is 2.22. The smallest absolute Gasteiger partial charge is 0.309 e. The van der Waals surface area contributed by atoms with E-state index in [9.17, 15) is 9.59 Å². The van der Waals surface area contributed by atoms with Gasteiger partial charge in [0.25, 0.3) is 0 Å². The lowest BCUT2D eigenvalue weighted by atomic mass is 9.87. The van der Waals surface area contributed by atoms with Crippen molar-refractivity contribution in [2.75, 3.05) is 20.3 Å². The Morgan fingerprint density at radius 3 is 2.22 bits per heavy atom. The molecule has 5 nitrogen and oxygen atoms in total. The average Bonchev–Trinajstić information content (AvgIpc) is 2.23. The van der Waals surface area contributed by atoms with Gasteiger partial charge in [-0.3, -0.25) is 9.59 Å². The van der Waals surface area contributed by atoms with Crippen LogP contribution >= 0.6 is 0 Å². The molecule has 1 amide bonds. The minimum atomic E-state index is -1.03. The molecule has 0 aliphatic carbocycles. The van der Waals surface area contributed by atoms with E-state index in [-0.39, 0.29) is 17.7 Å². The van der Waals surface area contributed by atoms with E-state index < -0.39 is 11.4 Å². The van der Waals surface area contributed by atoms with Crippen LogP contribution in [0.2, 0.25) is 0 Å². The molecule has 5 heteroatoms. The zero-order chi connectivity index (χ0) is 14.4. The minimum Gasteiger partial charge on any atom is -0.481 e. The van der Waals surface area contributed by atoms with E-state index in [1.165, 1.54) is 0 Å². The van der Waals surface area contributed by atoms with Crippen LogP contribution in [0.4, 0.5) is 0 Å². The first-order valence-corrected chi connectivity index (χ1v) is 6.10. The predicted molar refractivity (Wildman–Crippen MR) is 69.3 cm³/mol. The van der Waals surface area contributed by atoms with E-state index in [0.29, 0.717) is 13.2 Å². The lowest BCUT2D eigenvalue weighted by Crippen LogP contribution is -2.38. The topological polar surface area (TPSA) is 75.6 Å². The molecule has 0 saturated carbocycles. The van der Waals surface area contributed by atoms with Crippen molar-refractivity contribution in [3.63, 3.8) is 0 Å². The van der Waals surface area contributed by atoms with E-state index in [0.717, 1.165) is 6.42 Å². The molecule has 0 heterocycles. The van der Waals surface area contributed by atoms with E-state index in [1.807, 2.05) is 13.8 Å². The largest absolute Gasteiger partial charge is 0.481 e. The maximum Gasteiger partial charge on any atom is 0.309 e. The number of nitrogens with one attached hydrogen (secondary N) is 1. The fourth-order valence-corrected chi connectivity index (χ4v) is 1.34. The van der Waals surface area contributed by atoms with Gasteiger partial charge in [0, 0.05) is 26.7 Å². The molecule has 0 saturated heterocycles. The monoisotopic (exact) mass is 259 g/mol. The highest BCUT2D eigenvalue weighted by molar-refractivity contribution is 5.84. The number of ether oxygens (including phenoxy) is 1. The highest BCUT2D eigenvalue weighted by Gasteiger charge is 2.30. The highest BCUT2D eigenvalue weighted by atomic mass is 16.5. The maximum absolute atomic E-state index is 11.7. The molecule has 0 atom stereocenters. The van der Waals surface area contributed by atoms with Crippen LogP contribution in [-0.4, -0.2) is 37.2 Å². The second-order valence-corrected chi connectivity index (χ2v) is 6.05. The summed E-state index contributed by atoms with van der Waals surface area (Å²) in [7, 11) is 1.64. The molecule has 0 bridgehead atoms. The Morgan fingerprint density at radius 2 is 1.78 bits per heavy atom. The standard InChI is InChI=1S/C13H25NO4/c1-12(2,6-7-18-5)9-14-10(15)8-13(3,4)11(16)17/h6-9H2,1-5H3,(H,14,15)(H,16,17). The molecule has 0 aliphatic rings. The van der Waals surface area contributed by atoms with Gasteiger partial charge in [0.1, 0.15) is 0 Å². The van der Waals surface area contributed by atoms with Crippen LogP contribution < -0.4 is 5.32 Å². The molecule has 0 unspecified atom stereocenters. The zero-order valence-electron chi connectivity index (χ0n) is 12.0. The van der Waals surface area contributed by atoms with Gasteiger partial charge in [0.15, 0.2) is 0 Å². The van der Waals surface area contributed by atoms with Gasteiger partial charge in [0.2, 0.25) is 5.91 Å². The van der Waals surface area contributed by atoms with Gasteiger partial charge in [-0.25, -0.2) is 0 Å². The van der Waals surface area contributed by atoms with E-state index in [4.69, 9.17) is 9.84 Å². The van der Waals surface area contributed by atoms with Crippen molar-refractivity contribution >= 4 is 11.9 Å².